The molecule has 0 bridgehead atoms. The van der Waals surface area contributed by atoms with Gasteiger partial charge in [0, 0.05) is 38.4 Å². The van der Waals surface area contributed by atoms with Crippen LogP contribution in [0.25, 0.3) is 0 Å². The highest BCUT2D eigenvalue weighted by atomic mass is 35.5. The Morgan fingerprint density at radius 1 is 1.32 bits per heavy atom. The van der Waals surface area contributed by atoms with Crippen LogP contribution in [0.3, 0.4) is 0 Å². The van der Waals surface area contributed by atoms with Crippen molar-refractivity contribution in [2.24, 2.45) is 0 Å². The van der Waals surface area contributed by atoms with E-state index in [9.17, 15) is 4.79 Å². The molecule has 0 aromatic carbocycles. The highest BCUT2D eigenvalue weighted by Crippen LogP contribution is 2.19. The van der Waals surface area contributed by atoms with Gasteiger partial charge in [0.1, 0.15) is 5.69 Å². The number of aromatic nitrogens is 1. The molecule has 0 aliphatic carbocycles. The Labute approximate surface area is 117 Å². The molecule has 1 aromatic rings. The number of ether oxygens (including phenoxy) is 1. The van der Waals surface area contributed by atoms with Crippen molar-refractivity contribution in [3.8, 4) is 0 Å². The predicted octanol–water partition coefficient (Wildman–Crippen LogP) is 0.892. The Morgan fingerprint density at radius 3 is 2.68 bits per heavy atom. The van der Waals surface area contributed by atoms with E-state index in [0.717, 1.165) is 39.4 Å². The molecule has 0 spiro atoms. The van der Waals surface area contributed by atoms with Gasteiger partial charge in [0.25, 0.3) is 5.91 Å². The topological polar surface area (TPSA) is 45.7 Å². The molecule has 102 valence electrons. The van der Waals surface area contributed by atoms with Crippen molar-refractivity contribution in [3.63, 3.8) is 0 Å². The van der Waals surface area contributed by atoms with Crippen LogP contribution in [-0.2, 0) is 4.74 Å². The molecule has 6 heteroatoms. The summed E-state index contributed by atoms with van der Waals surface area (Å²) in [5, 5.41) is 0.548. The summed E-state index contributed by atoms with van der Waals surface area (Å²) in [5.41, 5.74) is 0.463. The van der Waals surface area contributed by atoms with Crippen LogP contribution in [0.15, 0.2) is 18.3 Å². The zero-order chi connectivity index (χ0) is 13.2. The van der Waals surface area contributed by atoms with Crippen LogP contribution >= 0.6 is 11.6 Å². The number of pyridine rings is 1. The van der Waals surface area contributed by atoms with Gasteiger partial charge in [-0.1, -0.05) is 11.6 Å². The molecule has 0 saturated carbocycles. The number of morpholine rings is 1. The van der Waals surface area contributed by atoms with Gasteiger partial charge < -0.3 is 9.64 Å². The Balaban J connectivity index is 1.55. The molecule has 2 saturated heterocycles. The molecule has 2 fully saturated rings. The summed E-state index contributed by atoms with van der Waals surface area (Å²) < 4.78 is 5.33. The van der Waals surface area contributed by atoms with E-state index in [0.29, 0.717) is 16.8 Å². The molecule has 19 heavy (non-hydrogen) atoms. The fourth-order valence-corrected chi connectivity index (χ4v) is 2.57. The zero-order valence-electron chi connectivity index (χ0n) is 10.6. The maximum absolute atomic E-state index is 12.1. The number of carbonyl (C=O) groups is 1. The minimum Gasteiger partial charge on any atom is -0.379 e. The largest absolute Gasteiger partial charge is 0.379 e. The van der Waals surface area contributed by atoms with E-state index in [4.69, 9.17) is 16.3 Å². The number of rotatable bonds is 2. The SMILES string of the molecule is O=C(c1ccc(Cl)cn1)N1CC(N2CCOCC2)C1. The van der Waals surface area contributed by atoms with Crippen molar-refractivity contribution in [1.82, 2.24) is 14.8 Å². The molecule has 0 unspecified atom stereocenters. The predicted molar refractivity (Wildman–Crippen MR) is 71.3 cm³/mol. The van der Waals surface area contributed by atoms with Crippen molar-refractivity contribution in [1.29, 1.82) is 0 Å². The Hall–Kier alpha value is -1.17. The number of carbonyl (C=O) groups excluding carboxylic acids is 1. The first-order chi connectivity index (χ1) is 9.24. The van der Waals surface area contributed by atoms with E-state index in [1.54, 1.807) is 12.1 Å². The second kappa shape index (κ2) is 5.45. The third-order valence-corrected chi connectivity index (χ3v) is 3.88. The minimum atomic E-state index is -0.0128. The van der Waals surface area contributed by atoms with Crippen LogP contribution in [-0.4, -0.2) is 66.1 Å². The van der Waals surface area contributed by atoms with E-state index < -0.39 is 0 Å². The quantitative estimate of drug-likeness (QED) is 0.808. The van der Waals surface area contributed by atoms with Gasteiger partial charge in [-0.15, -0.1) is 0 Å². The molecule has 0 atom stereocenters. The third kappa shape index (κ3) is 2.73. The monoisotopic (exact) mass is 281 g/mol. The number of hydrogen-bond donors (Lipinski definition) is 0. The summed E-state index contributed by atoms with van der Waals surface area (Å²) in [6.45, 7) is 5.08. The number of likely N-dealkylation sites (tertiary alicyclic amines) is 1. The molecule has 1 amide bonds. The number of nitrogens with zero attached hydrogens (tertiary/aromatic N) is 3. The van der Waals surface area contributed by atoms with Crippen LogP contribution in [0.1, 0.15) is 10.5 Å². The van der Waals surface area contributed by atoms with Gasteiger partial charge >= 0.3 is 0 Å². The van der Waals surface area contributed by atoms with Gasteiger partial charge in [-0.3, -0.25) is 9.69 Å². The number of amides is 1. The van der Waals surface area contributed by atoms with Crippen molar-refractivity contribution >= 4 is 17.5 Å². The fourth-order valence-electron chi connectivity index (χ4n) is 2.46. The first kappa shape index (κ1) is 12.8. The standard InChI is InChI=1S/C13H16ClN3O2/c14-10-1-2-12(15-7-10)13(18)17-8-11(9-17)16-3-5-19-6-4-16/h1-2,7,11H,3-6,8-9H2. The minimum absolute atomic E-state index is 0.0128. The second-order valence-electron chi connectivity index (χ2n) is 4.87. The lowest BCUT2D eigenvalue weighted by molar-refractivity contribution is -0.0257. The molecule has 3 heterocycles. The highest BCUT2D eigenvalue weighted by Gasteiger charge is 2.35. The van der Waals surface area contributed by atoms with Crippen molar-refractivity contribution in [3.05, 3.63) is 29.0 Å². The Bertz CT molecular complexity index is 453. The summed E-state index contributed by atoms with van der Waals surface area (Å²) in [6.07, 6.45) is 1.51. The van der Waals surface area contributed by atoms with Crippen molar-refractivity contribution in [2.75, 3.05) is 39.4 Å². The Morgan fingerprint density at radius 2 is 2.05 bits per heavy atom. The summed E-state index contributed by atoms with van der Waals surface area (Å²) in [4.78, 5) is 20.4. The summed E-state index contributed by atoms with van der Waals surface area (Å²) in [6, 6.07) is 3.84. The molecule has 0 radical (unpaired) electrons. The smallest absolute Gasteiger partial charge is 0.272 e. The summed E-state index contributed by atoms with van der Waals surface area (Å²) in [7, 11) is 0. The van der Waals surface area contributed by atoms with E-state index >= 15 is 0 Å². The molecule has 1 aromatic heterocycles. The van der Waals surface area contributed by atoms with Gasteiger partial charge in [0.2, 0.25) is 0 Å². The molecular formula is C13H16ClN3O2. The first-order valence-electron chi connectivity index (χ1n) is 6.46. The van der Waals surface area contributed by atoms with Crippen LogP contribution in [0, 0.1) is 0 Å². The van der Waals surface area contributed by atoms with E-state index in [1.807, 2.05) is 4.90 Å². The Kier molecular flexibility index (Phi) is 3.68. The van der Waals surface area contributed by atoms with Gasteiger partial charge in [0.05, 0.1) is 18.2 Å². The van der Waals surface area contributed by atoms with Crippen molar-refractivity contribution < 1.29 is 9.53 Å². The van der Waals surface area contributed by atoms with Gasteiger partial charge in [-0.25, -0.2) is 4.98 Å². The normalized spacial score (nSPS) is 21.2. The summed E-state index contributed by atoms with van der Waals surface area (Å²) >= 11 is 5.76. The van der Waals surface area contributed by atoms with E-state index in [2.05, 4.69) is 9.88 Å². The fraction of sp³-hybridized carbons (Fsp3) is 0.538. The van der Waals surface area contributed by atoms with Crippen LogP contribution in [0.2, 0.25) is 5.02 Å². The average molecular weight is 282 g/mol. The lowest BCUT2D eigenvalue weighted by Gasteiger charge is -2.46. The first-order valence-corrected chi connectivity index (χ1v) is 6.84. The average Bonchev–Trinajstić information content (AvgIpc) is 2.39. The third-order valence-electron chi connectivity index (χ3n) is 3.66. The molecule has 2 aliphatic heterocycles. The second-order valence-corrected chi connectivity index (χ2v) is 5.31. The number of hydrogen-bond acceptors (Lipinski definition) is 4. The van der Waals surface area contributed by atoms with Gasteiger partial charge in [-0.2, -0.15) is 0 Å². The van der Waals surface area contributed by atoms with E-state index in [1.165, 1.54) is 6.20 Å². The van der Waals surface area contributed by atoms with Gasteiger partial charge in [-0.05, 0) is 12.1 Å². The molecule has 5 nitrogen and oxygen atoms in total. The maximum Gasteiger partial charge on any atom is 0.272 e. The van der Waals surface area contributed by atoms with Crippen LogP contribution in [0.4, 0.5) is 0 Å². The van der Waals surface area contributed by atoms with Crippen molar-refractivity contribution in [2.45, 2.75) is 6.04 Å². The lowest BCUT2D eigenvalue weighted by Crippen LogP contribution is -2.62. The molecule has 3 rings (SSSR count). The zero-order valence-corrected chi connectivity index (χ0v) is 11.3. The highest BCUT2D eigenvalue weighted by molar-refractivity contribution is 6.30. The van der Waals surface area contributed by atoms with Crippen LogP contribution < -0.4 is 0 Å². The molecular weight excluding hydrogens is 266 g/mol. The lowest BCUT2D eigenvalue weighted by atomic mass is 10.1. The van der Waals surface area contributed by atoms with E-state index in [-0.39, 0.29) is 5.91 Å². The molecule has 0 N–H and O–H groups in total. The summed E-state index contributed by atoms with van der Waals surface area (Å²) in [5.74, 6) is -0.0128. The maximum atomic E-state index is 12.1. The van der Waals surface area contributed by atoms with Crippen LogP contribution in [0.5, 0.6) is 0 Å². The van der Waals surface area contributed by atoms with Gasteiger partial charge in [0.15, 0.2) is 0 Å². The molecule has 2 aliphatic rings. The number of halogens is 1.